The summed E-state index contributed by atoms with van der Waals surface area (Å²) in [6.45, 7) is 4.98. The molecule has 0 radical (unpaired) electrons. The molecule has 1 N–H and O–H groups in total. The van der Waals surface area contributed by atoms with Crippen molar-refractivity contribution in [2.24, 2.45) is 0 Å². The number of hydrogen-bond acceptors (Lipinski definition) is 4. The highest BCUT2D eigenvalue weighted by molar-refractivity contribution is 5.69. The first-order valence-electron chi connectivity index (χ1n) is 7.78. The van der Waals surface area contributed by atoms with Gasteiger partial charge in [0.05, 0.1) is 6.61 Å². The third kappa shape index (κ3) is 6.92. The number of unbranched alkanes of at least 4 members (excludes halogenated alkanes) is 2. The van der Waals surface area contributed by atoms with E-state index in [2.05, 4.69) is 4.90 Å². The van der Waals surface area contributed by atoms with Crippen molar-refractivity contribution in [1.29, 1.82) is 0 Å². The Morgan fingerprint density at radius 3 is 2.89 bits per heavy atom. The summed E-state index contributed by atoms with van der Waals surface area (Å²) in [7, 11) is 0. The van der Waals surface area contributed by atoms with Gasteiger partial charge in [-0.05, 0) is 58.5 Å². The van der Waals surface area contributed by atoms with Crippen molar-refractivity contribution in [2.45, 2.75) is 64.3 Å². The molecule has 0 bridgehead atoms. The van der Waals surface area contributed by atoms with Crippen LogP contribution in [0, 0.1) is 0 Å². The Morgan fingerprint density at radius 2 is 2.16 bits per heavy atom. The van der Waals surface area contributed by atoms with Crippen molar-refractivity contribution in [3.8, 4) is 0 Å². The first kappa shape index (κ1) is 16.4. The molecule has 1 saturated heterocycles. The van der Waals surface area contributed by atoms with Crippen molar-refractivity contribution in [3.05, 3.63) is 0 Å². The van der Waals surface area contributed by atoms with Crippen LogP contribution in [0.3, 0.4) is 0 Å². The van der Waals surface area contributed by atoms with Crippen molar-refractivity contribution in [3.63, 3.8) is 0 Å². The number of rotatable bonds is 10. The molecule has 1 unspecified atom stereocenters. The molecule has 1 aliphatic rings. The van der Waals surface area contributed by atoms with Crippen LogP contribution >= 0.6 is 0 Å². The molecule has 1 aliphatic heterocycles. The van der Waals surface area contributed by atoms with E-state index in [0.29, 0.717) is 25.7 Å². The highest BCUT2D eigenvalue weighted by Crippen LogP contribution is 2.21. The maximum absolute atomic E-state index is 11.2. The smallest absolute Gasteiger partial charge is 0.305 e. The maximum atomic E-state index is 11.2. The zero-order valence-electron chi connectivity index (χ0n) is 12.3. The van der Waals surface area contributed by atoms with Gasteiger partial charge in [-0.1, -0.05) is 6.42 Å². The molecule has 0 aromatic rings. The van der Waals surface area contributed by atoms with Gasteiger partial charge in [-0.2, -0.15) is 0 Å². The molecule has 1 fully saturated rings. The minimum atomic E-state index is -0.0653. The fourth-order valence-corrected chi connectivity index (χ4v) is 2.84. The predicted octanol–water partition coefficient (Wildman–Crippen LogP) is 2.35. The van der Waals surface area contributed by atoms with Gasteiger partial charge in [0.15, 0.2) is 0 Å². The molecule has 0 aromatic carbocycles. The first-order chi connectivity index (χ1) is 9.27. The molecule has 1 atom stereocenters. The summed E-state index contributed by atoms with van der Waals surface area (Å²) in [6, 6.07) is 0.678. The van der Waals surface area contributed by atoms with Gasteiger partial charge < -0.3 is 14.7 Å². The second-order valence-electron chi connectivity index (χ2n) is 5.31. The molecule has 112 valence electrons. The predicted molar refractivity (Wildman–Crippen MR) is 76.0 cm³/mol. The van der Waals surface area contributed by atoms with Crippen molar-refractivity contribution in [1.82, 2.24) is 4.90 Å². The summed E-state index contributed by atoms with van der Waals surface area (Å²) >= 11 is 0. The Morgan fingerprint density at radius 1 is 1.32 bits per heavy atom. The highest BCUT2D eigenvalue weighted by atomic mass is 16.5. The van der Waals surface area contributed by atoms with Crippen LogP contribution in [0.15, 0.2) is 0 Å². The lowest BCUT2D eigenvalue weighted by atomic mass is 10.1. The van der Waals surface area contributed by atoms with Crippen LogP contribution in [0.4, 0.5) is 0 Å². The maximum Gasteiger partial charge on any atom is 0.305 e. The summed E-state index contributed by atoms with van der Waals surface area (Å²) in [5, 5.41) is 8.89. The topological polar surface area (TPSA) is 49.8 Å². The van der Waals surface area contributed by atoms with Gasteiger partial charge in [0.2, 0.25) is 0 Å². The normalized spacial score (nSPS) is 19.8. The van der Waals surface area contributed by atoms with Crippen molar-refractivity contribution >= 4 is 5.97 Å². The molecule has 0 aliphatic carbocycles. The third-order valence-corrected chi connectivity index (χ3v) is 3.83. The quantitative estimate of drug-likeness (QED) is 0.489. The van der Waals surface area contributed by atoms with Crippen LogP contribution in [-0.2, 0) is 9.53 Å². The lowest BCUT2D eigenvalue weighted by molar-refractivity contribution is -0.143. The van der Waals surface area contributed by atoms with E-state index >= 15 is 0 Å². The van der Waals surface area contributed by atoms with E-state index < -0.39 is 0 Å². The third-order valence-electron chi connectivity index (χ3n) is 3.83. The lowest BCUT2D eigenvalue weighted by Crippen LogP contribution is -2.30. The average molecular weight is 271 g/mol. The Bertz CT molecular complexity index is 246. The fraction of sp³-hybridized carbons (Fsp3) is 0.933. The molecule has 1 rings (SSSR count). The van der Waals surface area contributed by atoms with E-state index in [-0.39, 0.29) is 5.97 Å². The lowest BCUT2D eigenvalue weighted by Gasteiger charge is -2.24. The van der Waals surface area contributed by atoms with E-state index in [9.17, 15) is 4.79 Å². The molecular weight excluding hydrogens is 242 g/mol. The summed E-state index contributed by atoms with van der Waals surface area (Å²) < 4.78 is 4.91. The van der Waals surface area contributed by atoms with Gasteiger partial charge >= 0.3 is 5.97 Å². The summed E-state index contributed by atoms with van der Waals surface area (Å²) in [4.78, 5) is 13.7. The standard InChI is InChI=1S/C15H29NO3/c1-2-19-15(18)10-4-3-5-11-16-12-6-8-14(16)9-7-13-17/h14,17H,2-13H2,1H3. The van der Waals surface area contributed by atoms with E-state index in [1.165, 1.54) is 19.4 Å². The summed E-state index contributed by atoms with van der Waals surface area (Å²) in [6.07, 6.45) is 8.37. The summed E-state index contributed by atoms with van der Waals surface area (Å²) in [5.41, 5.74) is 0. The number of aliphatic hydroxyl groups is 1. The Balaban J connectivity index is 2.03. The van der Waals surface area contributed by atoms with Gasteiger partial charge in [0, 0.05) is 19.1 Å². The first-order valence-corrected chi connectivity index (χ1v) is 7.78. The number of aliphatic hydroxyl groups excluding tert-OH is 1. The van der Waals surface area contributed by atoms with Crippen LogP contribution in [-0.4, -0.2) is 48.3 Å². The van der Waals surface area contributed by atoms with Crippen LogP contribution < -0.4 is 0 Å². The number of likely N-dealkylation sites (tertiary alicyclic amines) is 1. The van der Waals surface area contributed by atoms with Crippen LogP contribution in [0.5, 0.6) is 0 Å². The van der Waals surface area contributed by atoms with Crippen molar-refractivity contribution in [2.75, 3.05) is 26.3 Å². The van der Waals surface area contributed by atoms with Gasteiger partial charge in [-0.25, -0.2) is 0 Å². The minimum absolute atomic E-state index is 0.0653. The molecule has 0 spiro atoms. The highest BCUT2D eigenvalue weighted by Gasteiger charge is 2.22. The van der Waals surface area contributed by atoms with E-state index in [0.717, 1.165) is 38.6 Å². The number of esters is 1. The van der Waals surface area contributed by atoms with Crippen LogP contribution in [0.25, 0.3) is 0 Å². The number of carbonyl (C=O) groups excluding carboxylic acids is 1. The zero-order valence-corrected chi connectivity index (χ0v) is 12.3. The van der Waals surface area contributed by atoms with E-state index in [1.807, 2.05) is 6.92 Å². The Labute approximate surface area is 117 Å². The zero-order chi connectivity index (χ0) is 13.9. The van der Waals surface area contributed by atoms with Gasteiger partial charge in [0.1, 0.15) is 0 Å². The Kier molecular flexibility index (Phi) is 8.84. The van der Waals surface area contributed by atoms with Crippen LogP contribution in [0.2, 0.25) is 0 Å². The number of carbonyl (C=O) groups is 1. The summed E-state index contributed by atoms with van der Waals surface area (Å²) in [5.74, 6) is -0.0653. The van der Waals surface area contributed by atoms with Crippen LogP contribution in [0.1, 0.15) is 58.3 Å². The molecule has 0 aromatic heterocycles. The number of ether oxygens (including phenoxy) is 1. The van der Waals surface area contributed by atoms with E-state index in [1.54, 1.807) is 0 Å². The fourth-order valence-electron chi connectivity index (χ4n) is 2.84. The number of hydrogen-bond donors (Lipinski definition) is 1. The second-order valence-corrected chi connectivity index (χ2v) is 5.31. The molecule has 19 heavy (non-hydrogen) atoms. The molecule has 4 nitrogen and oxygen atoms in total. The number of nitrogens with zero attached hydrogens (tertiary/aromatic N) is 1. The molecule has 1 heterocycles. The largest absolute Gasteiger partial charge is 0.466 e. The second kappa shape index (κ2) is 10.2. The average Bonchev–Trinajstić information content (AvgIpc) is 2.84. The van der Waals surface area contributed by atoms with Gasteiger partial charge in [0.25, 0.3) is 0 Å². The van der Waals surface area contributed by atoms with E-state index in [4.69, 9.17) is 9.84 Å². The minimum Gasteiger partial charge on any atom is -0.466 e. The van der Waals surface area contributed by atoms with Crippen molar-refractivity contribution < 1.29 is 14.6 Å². The molecular formula is C15H29NO3. The molecule has 0 saturated carbocycles. The van der Waals surface area contributed by atoms with Gasteiger partial charge in [-0.3, -0.25) is 4.79 Å². The Hall–Kier alpha value is -0.610. The van der Waals surface area contributed by atoms with Gasteiger partial charge in [-0.15, -0.1) is 0 Å². The molecule has 0 amide bonds. The molecule has 4 heteroatoms. The monoisotopic (exact) mass is 271 g/mol. The SMILES string of the molecule is CCOC(=O)CCCCCN1CCCC1CCCO.